The molecule has 1 atom stereocenters. The number of ether oxygens (including phenoxy) is 2. The van der Waals surface area contributed by atoms with Crippen LogP contribution in [-0.4, -0.2) is 64.5 Å². The lowest BCUT2D eigenvalue weighted by molar-refractivity contribution is 0.0536. The van der Waals surface area contributed by atoms with Crippen LogP contribution >= 0.6 is 11.6 Å². The number of benzene rings is 1. The quantitative estimate of drug-likeness (QED) is 0.414. The second-order valence-corrected chi connectivity index (χ2v) is 7.98. The average Bonchev–Trinajstić information content (AvgIpc) is 3.07. The Morgan fingerprint density at radius 2 is 2.19 bits per heavy atom. The van der Waals surface area contributed by atoms with Crippen molar-refractivity contribution < 1.29 is 13.9 Å². The Kier molecular flexibility index (Phi) is 8.32. The molecule has 0 bridgehead atoms. The first-order valence-electron chi connectivity index (χ1n) is 9.35. The molecule has 0 radical (unpaired) electrons. The van der Waals surface area contributed by atoms with Crippen molar-refractivity contribution >= 4 is 17.6 Å². The summed E-state index contributed by atoms with van der Waals surface area (Å²) < 4.78 is 24.0. The number of hydrogen-bond donors (Lipinski definition) is 1. The van der Waals surface area contributed by atoms with Gasteiger partial charge in [0.15, 0.2) is 5.96 Å². The maximum atomic E-state index is 13.3. The largest absolute Gasteiger partial charge is 0.382 e. The fourth-order valence-electron chi connectivity index (χ4n) is 3.32. The van der Waals surface area contributed by atoms with Crippen molar-refractivity contribution in [1.82, 2.24) is 10.2 Å². The monoisotopic (exact) mass is 399 g/mol. The summed E-state index contributed by atoms with van der Waals surface area (Å²) >= 11 is 6.25. The van der Waals surface area contributed by atoms with Gasteiger partial charge in [-0.1, -0.05) is 31.5 Å². The molecule has 0 spiro atoms. The third-order valence-electron chi connectivity index (χ3n) is 4.93. The maximum absolute atomic E-state index is 13.3. The molecule has 1 fully saturated rings. The fourth-order valence-corrected chi connectivity index (χ4v) is 3.74. The molecule has 0 aliphatic carbocycles. The van der Waals surface area contributed by atoms with E-state index in [2.05, 4.69) is 29.1 Å². The molecular weight excluding hydrogens is 369 g/mol. The van der Waals surface area contributed by atoms with Crippen molar-refractivity contribution in [2.24, 2.45) is 10.9 Å². The number of methoxy groups -OCH3 is 1. The van der Waals surface area contributed by atoms with Gasteiger partial charge < -0.3 is 19.7 Å². The predicted octanol–water partition coefficient (Wildman–Crippen LogP) is 3.32. The summed E-state index contributed by atoms with van der Waals surface area (Å²) in [5, 5.41) is 3.90. The molecule has 1 heterocycles. The lowest BCUT2D eigenvalue weighted by atomic mass is 9.84. The molecule has 0 amide bonds. The van der Waals surface area contributed by atoms with Gasteiger partial charge in [-0.15, -0.1) is 0 Å². The second kappa shape index (κ2) is 10.2. The van der Waals surface area contributed by atoms with E-state index in [1.165, 1.54) is 12.1 Å². The number of aliphatic imine (C=N–C) groups is 1. The van der Waals surface area contributed by atoms with Crippen LogP contribution < -0.4 is 5.32 Å². The molecule has 2 rings (SSSR count). The Morgan fingerprint density at radius 1 is 1.41 bits per heavy atom. The van der Waals surface area contributed by atoms with Crippen LogP contribution in [0.3, 0.4) is 0 Å². The standard InChI is InChI=1S/C20H31ClFN3O2/c1-20(2,17-6-5-16(22)11-18(17)21)14-24-19(23-3)25-8-7-15(12-25)13-27-10-9-26-4/h5-6,11,15H,7-10,12-14H2,1-4H3,(H,23,24). The third kappa shape index (κ3) is 6.33. The Hall–Kier alpha value is -1.37. The van der Waals surface area contributed by atoms with Crippen molar-refractivity contribution in [1.29, 1.82) is 0 Å². The predicted molar refractivity (Wildman–Crippen MR) is 108 cm³/mol. The van der Waals surface area contributed by atoms with Gasteiger partial charge in [-0.3, -0.25) is 4.99 Å². The normalized spacial score (nSPS) is 18.2. The summed E-state index contributed by atoms with van der Waals surface area (Å²) in [7, 11) is 3.47. The van der Waals surface area contributed by atoms with Crippen molar-refractivity contribution in [2.75, 3.05) is 53.6 Å². The summed E-state index contributed by atoms with van der Waals surface area (Å²) in [6.45, 7) is 8.70. The second-order valence-electron chi connectivity index (χ2n) is 7.58. The lowest BCUT2D eigenvalue weighted by Gasteiger charge is -2.30. The van der Waals surface area contributed by atoms with Crippen LogP contribution in [0, 0.1) is 11.7 Å². The molecule has 1 saturated heterocycles. The molecule has 0 aromatic heterocycles. The molecule has 1 aromatic carbocycles. The van der Waals surface area contributed by atoms with Crippen LogP contribution in [0.25, 0.3) is 0 Å². The van der Waals surface area contributed by atoms with Crippen molar-refractivity contribution in [2.45, 2.75) is 25.7 Å². The number of likely N-dealkylation sites (tertiary alicyclic amines) is 1. The van der Waals surface area contributed by atoms with Crippen LogP contribution in [0.1, 0.15) is 25.8 Å². The van der Waals surface area contributed by atoms with Gasteiger partial charge in [0.1, 0.15) is 5.82 Å². The average molecular weight is 400 g/mol. The highest BCUT2D eigenvalue weighted by molar-refractivity contribution is 6.31. The van der Waals surface area contributed by atoms with Crippen LogP contribution in [-0.2, 0) is 14.9 Å². The van der Waals surface area contributed by atoms with Crippen molar-refractivity contribution in [3.63, 3.8) is 0 Å². The van der Waals surface area contributed by atoms with Gasteiger partial charge in [-0.2, -0.15) is 0 Å². The van der Waals surface area contributed by atoms with Gasteiger partial charge in [0.25, 0.3) is 0 Å². The Labute approximate surface area is 166 Å². The Bertz CT molecular complexity index is 640. The van der Waals surface area contributed by atoms with Gasteiger partial charge in [0.2, 0.25) is 0 Å². The molecule has 27 heavy (non-hydrogen) atoms. The summed E-state index contributed by atoms with van der Waals surface area (Å²) in [5.74, 6) is 1.06. The van der Waals surface area contributed by atoms with E-state index in [1.54, 1.807) is 20.2 Å². The van der Waals surface area contributed by atoms with E-state index in [0.29, 0.717) is 30.7 Å². The van der Waals surface area contributed by atoms with E-state index >= 15 is 0 Å². The summed E-state index contributed by atoms with van der Waals surface area (Å²) in [6, 6.07) is 4.57. The lowest BCUT2D eigenvalue weighted by Crippen LogP contribution is -2.45. The number of halogens is 2. The first-order valence-corrected chi connectivity index (χ1v) is 9.73. The number of nitrogens with one attached hydrogen (secondary N) is 1. The van der Waals surface area contributed by atoms with Gasteiger partial charge in [0, 0.05) is 50.1 Å². The first kappa shape index (κ1) is 21.9. The van der Waals surface area contributed by atoms with Gasteiger partial charge >= 0.3 is 0 Å². The zero-order valence-corrected chi connectivity index (χ0v) is 17.5. The highest BCUT2D eigenvalue weighted by atomic mass is 35.5. The number of guanidine groups is 1. The molecular formula is C20H31ClFN3O2. The number of rotatable bonds is 8. The van der Waals surface area contributed by atoms with E-state index in [1.807, 2.05) is 0 Å². The molecule has 1 aromatic rings. The summed E-state index contributed by atoms with van der Waals surface area (Å²) in [6.07, 6.45) is 1.08. The molecule has 0 saturated carbocycles. The molecule has 1 aliphatic rings. The minimum Gasteiger partial charge on any atom is -0.382 e. The van der Waals surface area contributed by atoms with E-state index in [9.17, 15) is 4.39 Å². The molecule has 152 valence electrons. The number of hydrogen-bond acceptors (Lipinski definition) is 3. The SMILES string of the molecule is CN=C(NCC(C)(C)c1ccc(F)cc1Cl)N1CCC(COCCOC)C1. The van der Waals surface area contributed by atoms with E-state index in [0.717, 1.165) is 37.6 Å². The van der Waals surface area contributed by atoms with E-state index < -0.39 is 0 Å². The van der Waals surface area contributed by atoms with E-state index in [-0.39, 0.29) is 11.2 Å². The maximum Gasteiger partial charge on any atom is 0.193 e. The fraction of sp³-hybridized carbons (Fsp3) is 0.650. The van der Waals surface area contributed by atoms with Crippen molar-refractivity contribution in [3.8, 4) is 0 Å². The summed E-state index contributed by atoms with van der Waals surface area (Å²) in [5.41, 5.74) is 0.655. The third-order valence-corrected chi connectivity index (χ3v) is 5.24. The molecule has 7 heteroatoms. The zero-order valence-electron chi connectivity index (χ0n) is 16.7. The van der Waals surface area contributed by atoms with Crippen LogP contribution in [0.5, 0.6) is 0 Å². The highest BCUT2D eigenvalue weighted by Gasteiger charge is 2.28. The minimum atomic E-state index is -0.320. The summed E-state index contributed by atoms with van der Waals surface area (Å²) in [4.78, 5) is 6.68. The van der Waals surface area contributed by atoms with Gasteiger partial charge in [-0.25, -0.2) is 4.39 Å². The van der Waals surface area contributed by atoms with Crippen molar-refractivity contribution in [3.05, 3.63) is 34.6 Å². The number of nitrogens with zero attached hydrogens (tertiary/aromatic N) is 2. The molecule has 5 nitrogen and oxygen atoms in total. The van der Waals surface area contributed by atoms with Gasteiger partial charge in [-0.05, 0) is 24.1 Å². The van der Waals surface area contributed by atoms with Gasteiger partial charge in [0.05, 0.1) is 19.8 Å². The smallest absolute Gasteiger partial charge is 0.193 e. The molecule has 1 unspecified atom stereocenters. The van der Waals surface area contributed by atoms with E-state index in [4.69, 9.17) is 21.1 Å². The van der Waals surface area contributed by atoms with Crippen LogP contribution in [0.4, 0.5) is 4.39 Å². The molecule has 1 aliphatic heterocycles. The van der Waals surface area contributed by atoms with Crippen LogP contribution in [0.2, 0.25) is 5.02 Å². The Morgan fingerprint density at radius 3 is 2.85 bits per heavy atom. The Balaban J connectivity index is 1.88. The topological polar surface area (TPSA) is 46.1 Å². The highest BCUT2D eigenvalue weighted by Crippen LogP contribution is 2.30. The van der Waals surface area contributed by atoms with Crippen LogP contribution in [0.15, 0.2) is 23.2 Å². The molecule has 1 N–H and O–H groups in total. The minimum absolute atomic E-state index is 0.261. The zero-order chi connectivity index (χ0) is 19.9. The first-order chi connectivity index (χ1) is 12.9.